The minimum atomic E-state index is -1.15. The molecule has 7 heteroatoms. The first-order chi connectivity index (χ1) is 9.43. The van der Waals surface area contributed by atoms with Crippen molar-refractivity contribution in [3.8, 4) is 0 Å². The van der Waals surface area contributed by atoms with Crippen molar-refractivity contribution in [2.45, 2.75) is 20.4 Å². The van der Waals surface area contributed by atoms with E-state index < -0.39 is 17.8 Å². The van der Waals surface area contributed by atoms with Gasteiger partial charge in [0.05, 0.1) is 6.54 Å². The number of piperazine rings is 1. The summed E-state index contributed by atoms with van der Waals surface area (Å²) in [7, 11) is 0. The number of rotatable bonds is 4. The molecule has 0 bridgehead atoms. The highest BCUT2D eigenvalue weighted by Crippen LogP contribution is 2.17. The van der Waals surface area contributed by atoms with Crippen molar-refractivity contribution >= 4 is 17.8 Å². The lowest BCUT2D eigenvalue weighted by Gasteiger charge is -2.32. The second-order valence-corrected chi connectivity index (χ2v) is 4.64. The topological polar surface area (TPSA) is 91.1 Å². The van der Waals surface area contributed by atoms with Crippen LogP contribution in [0.4, 0.5) is 0 Å². The Morgan fingerprint density at radius 3 is 2.45 bits per heavy atom. The van der Waals surface area contributed by atoms with Crippen LogP contribution >= 0.6 is 0 Å². The molecule has 108 valence electrons. The lowest BCUT2D eigenvalue weighted by Crippen LogP contribution is -2.53. The highest BCUT2D eigenvalue weighted by atomic mass is 16.4. The summed E-state index contributed by atoms with van der Waals surface area (Å²) in [5.41, 5.74) is 0.499. The molecule has 20 heavy (non-hydrogen) atoms. The highest BCUT2D eigenvalue weighted by Gasteiger charge is 2.32. The Bertz CT molecular complexity index is 563. The Morgan fingerprint density at radius 1 is 1.30 bits per heavy atom. The van der Waals surface area contributed by atoms with Gasteiger partial charge in [0.2, 0.25) is 5.76 Å². The number of aryl methyl sites for hydroxylation is 1. The molecule has 1 fully saturated rings. The van der Waals surface area contributed by atoms with Gasteiger partial charge in [-0.25, -0.2) is 4.79 Å². The van der Waals surface area contributed by atoms with E-state index in [1.807, 2.05) is 6.92 Å². The molecule has 0 aliphatic carbocycles. The molecule has 2 amide bonds. The molecule has 7 nitrogen and oxygen atoms in total. The summed E-state index contributed by atoms with van der Waals surface area (Å²) in [6, 6.07) is 1.58. The van der Waals surface area contributed by atoms with Gasteiger partial charge in [0.1, 0.15) is 5.76 Å². The van der Waals surface area contributed by atoms with Gasteiger partial charge in [-0.3, -0.25) is 9.59 Å². The van der Waals surface area contributed by atoms with Crippen LogP contribution in [-0.2, 0) is 16.1 Å². The number of carboxylic acids is 1. The normalized spacial score (nSPS) is 15.9. The number of furan rings is 1. The zero-order chi connectivity index (χ0) is 14.9. The van der Waals surface area contributed by atoms with Crippen molar-refractivity contribution in [1.82, 2.24) is 9.80 Å². The van der Waals surface area contributed by atoms with E-state index in [1.165, 1.54) is 9.80 Å². The molecule has 2 rings (SSSR count). The minimum absolute atomic E-state index is 0.107. The van der Waals surface area contributed by atoms with Crippen molar-refractivity contribution in [3.05, 3.63) is 23.2 Å². The van der Waals surface area contributed by atoms with Crippen LogP contribution in [0.2, 0.25) is 0 Å². The number of carboxylic acid groups (broad SMARTS) is 1. The highest BCUT2D eigenvalue weighted by molar-refractivity contribution is 6.35. The van der Waals surface area contributed by atoms with E-state index in [-0.39, 0.29) is 12.3 Å². The van der Waals surface area contributed by atoms with Gasteiger partial charge in [-0.2, -0.15) is 0 Å². The average Bonchev–Trinajstić information content (AvgIpc) is 2.76. The number of nitrogens with zero attached hydrogens (tertiary/aromatic N) is 2. The van der Waals surface area contributed by atoms with E-state index in [2.05, 4.69) is 0 Å². The molecule has 1 aliphatic rings. The Hall–Kier alpha value is -2.31. The zero-order valence-electron chi connectivity index (χ0n) is 11.4. The Morgan fingerprint density at radius 2 is 1.90 bits per heavy atom. The van der Waals surface area contributed by atoms with Crippen LogP contribution in [0, 0.1) is 6.92 Å². The second kappa shape index (κ2) is 5.36. The number of likely N-dealkylation sites (N-methyl/N-ethyl adjacent to an activating group) is 1. The van der Waals surface area contributed by atoms with Crippen LogP contribution in [0.15, 0.2) is 10.5 Å². The van der Waals surface area contributed by atoms with Gasteiger partial charge in [-0.15, -0.1) is 0 Å². The summed E-state index contributed by atoms with van der Waals surface area (Å²) in [6.45, 7) is 4.94. The fraction of sp³-hybridized carbons (Fsp3) is 0.462. The Balaban J connectivity index is 2.11. The standard InChI is InChI=1S/C13H16N2O5/c1-3-14-4-5-15(12(17)11(14)16)7-9-6-8(2)10(20-9)13(18)19/h6H,3-5,7H2,1-2H3,(H,18,19). The van der Waals surface area contributed by atoms with E-state index in [1.54, 1.807) is 13.0 Å². The minimum Gasteiger partial charge on any atom is -0.475 e. The monoisotopic (exact) mass is 280 g/mol. The van der Waals surface area contributed by atoms with E-state index in [0.717, 1.165) is 0 Å². The maximum absolute atomic E-state index is 11.9. The molecular formula is C13H16N2O5. The summed E-state index contributed by atoms with van der Waals surface area (Å²) < 4.78 is 5.20. The molecule has 0 aromatic carbocycles. The van der Waals surface area contributed by atoms with Gasteiger partial charge in [0.25, 0.3) is 0 Å². The van der Waals surface area contributed by atoms with Gasteiger partial charge >= 0.3 is 17.8 Å². The van der Waals surface area contributed by atoms with Gasteiger partial charge < -0.3 is 19.3 Å². The van der Waals surface area contributed by atoms with Crippen molar-refractivity contribution in [2.24, 2.45) is 0 Å². The fourth-order valence-electron chi connectivity index (χ4n) is 2.19. The van der Waals surface area contributed by atoms with Gasteiger partial charge in [0, 0.05) is 25.2 Å². The molecule has 0 saturated carbocycles. The van der Waals surface area contributed by atoms with E-state index in [0.29, 0.717) is 31.0 Å². The molecule has 1 N–H and O–H groups in total. The van der Waals surface area contributed by atoms with Crippen molar-refractivity contribution < 1.29 is 23.9 Å². The average molecular weight is 280 g/mol. The molecule has 1 aliphatic heterocycles. The largest absolute Gasteiger partial charge is 0.475 e. The summed E-state index contributed by atoms with van der Waals surface area (Å²) in [6.07, 6.45) is 0. The number of hydrogen-bond donors (Lipinski definition) is 1. The molecule has 2 heterocycles. The lowest BCUT2D eigenvalue weighted by molar-refractivity contribution is -0.156. The van der Waals surface area contributed by atoms with Crippen LogP contribution in [-0.4, -0.2) is 52.3 Å². The predicted octanol–water partition coefficient (Wildman–Crippen LogP) is 0.477. The quantitative estimate of drug-likeness (QED) is 0.810. The molecular weight excluding hydrogens is 264 g/mol. The number of carbonyl (C=O) groups is 3. The molecule has 1 aromatic heterocycles. The third-order valence-corrected chi connectivity index (χ3v) is 3.29. The van der Waals surface area contributed by atoms with E-state index in [4.69, 9.17) is 9.52 Å². The Labute approximate surface area is 115 Å². The number of carbonyl (C=O) groups excluding carboxylic acids is 2. The Kier molecular flexibility index (Phi) is 3.78. The second-order valence-electron chi connectivity index (χ2n) is 4.64. The van der Waals surface area contributed by atoms with Gasteiger partial charge in [0.15, 0.2) is 0 Å². The molecule has 0 unspecified atom stereocenters. The smallest absolute Gasteiger partial charge is 0.372 e. The van der Waals surface area contributed by atoms with Crippen LogP contribution in [0.3, 0.4) is 0 Å². The zero-order valence-corrected chi connectivity index (χ0v) is 11.4. The summed E-state index contributed by atoms with van der Waals surface area (Å²) in [5.74, 6) is -2.02. The summed E-state index contributed by atoms with van der Waals surface area (Å²) in [5, 5.41) is 8.91. The fourth-order valence-corrected chi connectivity index (χ4v) is 2.19. The lowest BCUT2D eigenvalue weighted by atomic mass is 10.2. The van der Waals surface area contributed by atoms with Crippen molar-refractivity contribution in [1.29, 1.82) is 0 Å². The first kappa shape index (κ1) is 14.1. The first-order valence-electron chi connectivity index (χ1n) is 6.34. The van der Waals surface area contributed by atoms with E-state index in [9.17, 15) is 14.4 Å². The molecule has 1 saturated heterocycles. The molecule has 0 radical (unpaired) electrons. The van der Waals surface area contributed by atoms with Crippen molar-refractivity contribution in [3.63, 3.8) is 0 Å². The molecule has 1 aromatic rings. The first-order valence-corrected chi connectivity index (χ1v) is 6.34. The number of hydrogen-bond acceptors (Lipinski definition) is 4. The molecule has 0 spiro atoms. The maximum Gasteiger partial charge on any atom is 0.372 e. The third kappa shape index (κ3) is 2.52. The maximum atomic E-state index is 11.9. The number of aromatic carboxylic acids is 1. The van der Waals surface area contributed by atoms with Crippen LogP contribution in [0.25, 0.3) is 0 Å². The SMILES string of the molecule is CCN1CCN(Cc2cc(C)c(C(=O)O)o2)C(=O)C1=O. The number of amides is 2. The van der Waals surface area contributed by atoms with Gasteiger partial charge in [-0.05, 0) is 19.9 Å². The van der Waals surface area contributed by atoms with Crippen LogP contribution in [0.5, 0.6) is 0 Å². The molecule has 0 atom stereocenters. The van der Waals surface area contributed by atoms with E-state index >= 15 is 0 Å². The van der Waals surface area contributed by atoms with Crippen LogP contribution < -0.4 is 0 Å². The third-order valence-electron chi connectivity index (χ3n) is 3.29. The predicted molar refractivity (Wildman–Crippen MR) is 68.1 cm³/mol. The summed E-state index contributed by atoms with van der Waals surface area (Å²) >= 11 is 0. The van der Waals surface area contributed by atoms with Gasteiger partial charge in [-0.1, -0.05) is 0 Å². The van der Waals surface area contributed by atoms with Crippen molar-refractivity contribution in [2.75, 3.05) is 19.6 Å². The summed E-state index contributed by atoms with van der Waals surface area (Å²) in [4.78, 5) is 37.4. The van der Waals surface area contributed by atoms with Crippen LogP contribution in [0.1, 0.15) is 28.8 Å².